The molecule has 2 saturated heterocycles. The number of hydrogen-bond donors (Lipinski definition) is 1. The number of ether oxygens (including phenoxy) is 1. The first kappa shape index (κ1) is 25.5. The predicted molar refractivity (Wildman–Crippen MR) is 143 cm³/mol. The van der Waals surface area contributed by atoms with E-state index in [1.54, 1.807) is 0 Å². The zero-order chi connectivity index (χ0) is 22.5. The molecule has 2 fully saturated rings. The van der Waals surface area contributed by atoms with E-state index in [2.05, 4.69) is 45.5 Å². The van der Waals surface area contributed by atoms with Crippen molar-refractivity contribution in [1.29, 1.82) is 0 Å². The number of carbonyl (C=O) groups excluding carboxylic acids is 1. The number of hydrogen-bond acceptors (Lipinski definition) is 3. The van der Waals surface area contributed by atoms with Crippen LogP contribution in [0.25, 0.3) is 0 Å². The van der Waals surface area contributed by atoms with Gasteiger partial charge in [0.25, 0.3) is 5.91 Å². The molecule has 3 unspecified atom stereocenters. The molecule has 3 atom stereocenters. The lowest BCUT2D eigenvalue weighted by Gasteiger charge is -2.35. The Morgan fingerprint density at radius 1 is 1.00 bits per heavy atom. The second kappa shape index (κ2) is 11.8. The molecule has 7 heteroatoms. The first-order valence-electron chi connectivity index (χ1n) is 11.6. The highest BCUT2D eigenvalue weighted by atomic mass is 127. The molecule has 0 saturated carbocycles. The largest absolute Gasteiger partial charge is 0.372 e. The number of amides is 1. The van der Waals surface area contributed by atoms with Crippen molar-refractivity contribution in [2.45, 2.75) is 44.9 Å². The average molecular weight is 562 g/mol. The van der Waals surface area contributed by atoms with E-state index in [4.69, 9.17) is 4.74 Å². The van der Waals surface area contributed by atoms with Crippen LogP contribution in [0.15, 0.2) is 59.6 Å². The molecular weight excluding hydrogens is 527 g/mol. The number of aliphatic imine (C=N–C) groups is 1. The van der Waals surface area contributed by atoms with E-state index in [1.807, 2.05) is 50.1 Å². The number of benzene rings is 2. The molecular formula is C26H35IN4O2. The van der Waals surface area contributed by atoms with E-state index >= 15 is 0 Å². The lowest BCUT2D eigenvalue weighted by molar-refractivity contribution is -0.0586. The van der Waals surface area contributed by atoms with Gasteiger partial charge < -0.3 is 19.9 Å². The third-order valence-corrected chi connectivity index (χ3v) is 6.33. The minimum atomic E-state index is 0. The van der Waals surface area contributed by atoms with Crippen LogP contribution in [0.1, 0.15) is 47.7 Å². The number of carbonyl (C=O) groups is 1. The minimum Gasteiger partial charge on any atom is -0.372 e. The van der Waals surface area contributed by atoms with Crippen LogP contribution in [-0.2, 0) is 11.3 Å². The summed E-state index contributed by atoms with van der Waals surface area (Å²) in [5.41, 5.74) is 3.25. The van der Waals surface area contributed by atoms with Gasteiger partial charge in [0.2, 0.25) is 0 Å². The van der Waals surface area contributed by atoms with Gasteiger partial charge in [-0.3, -0.25) is 9.79 Å². The summed E-state index contributed by atoms with van der Waals surface area (Å²) in [6.07, 6.45) is 1.29. The van der Waals surface area contributed by atoms with Gasteiger partial charge in [-0.2, -0.15) is 0 Å². The Balaban J connectivity index is 0.00000306. The lowest BCUT2D eigenvalue weighted by Crippen LogP contribution is -2.48. The molecule has 2 heterocycles. The molecule has 2 aromatic carbocycles. The van der Waals surface area contributed by atoms with Crippen LogP contribution in [0.5, 0.6) is 0 Å². The van der Waals surface area contributed by atoms with Crippen molar-refractivity contribution in [3.05, 3.63) is 71.3 Å². The Kier molecular flexibility index (Phi) is 9.14. The lowest BCUT2D eigenvalue weighted by atomic mass is 9.99. The first-order chi connectivity index (χ1) is 15.5. The van der Waals surface area contributed by atoms with Crippen molar-refractivity contribution in [3.63, 3.8) is 0 Å². The highest BCUT2D eigenvalue weighted by molar-refractivity contribution is 14.0. The minimum absolute atomic E-state index is 0. The van der Waals surface area contributed by atoms with Crippen LogP contribution in [-0.4, -0.2) is 67.1 Å². The molecule has 1 N–H and O–H groups in total. The molecule has 4 rings (SSSR count). The summed E-state index contributed by atoms with van der Waals surface area (Å²) >= 11 is 0. The molecule has 0 aromatic heterocycles. The van der Waals surface area contributed by atoms with Crippen LogP contribution < -0.4 is 5.32 Å². The van der Waals surface area contributed by atoms with Crippen molar-refractivity contribution in [1.82, 2.24) is 15.1 Å². The summed E-state index contributed by atoms with van der Waals surface area (Å²) in [5.74, 6) is 1.55. The van der Waals surface area contributed by atoms with Gasteiger partial charge in [0.15, 0.2) is 5.96 Å². The Bertz CT molecular complexity index is 925. The molecule has 6 nitrogen and oxygen atoms in total. The Morgan fingerprint density at radius 3 is 2.30 bits per heavy atom. The van der Waals surface area contributed by atoms with E-state index in [-0.39, 0.29) is 42.1 Å². The van der Waals surface area contributed by atoms with E-state index in [1.165, 1.54) is 5.56 Å². The van der Waals surface area contributed by atoms with Crippen LogP contribution in [0.4, 0.5) is 0 Å². The fourth-order valence-electron chi connectivity index (χ4n) is 4.75. The Morgan fingerprint density at radius 2 is 1.67 bits per heavy atom. The number of guanidine groups is 1. The number of nitrogens with one attached hydrogen (secondary N) is 1. The normalized spacial score (nSPS) is 23.2. The topological polar surface area (TPSA) is 57.2 Å². The summed E-state index contributed by atoms with van der Waals surface area (Å²) in [5, 5.41) is 3.49. The molecule has 0 spiro atoms. The van der Waals surface area contributed by atoms with E-state index < -0.39 is 0 Å². The maximum Gasteiger partial charge on any atom is 0.254 e. The maximum atomic E-state index is 12.9. The third kappa shape index (κ3) is 6.47. The second-order valence-electron chi connectivity index (χ2n) is 8.91. The summed E-state index contributed by atoms with van der Waals surface area (Å²) < 4.78 is 5.74. The summed E-state index contributed by atoms with van der Waals surface area (Å²) in [6, 6.07) is 18.6. The molecule has 2 aromatic rings. The zero-order valence-electron chi connectivity index (χ0n) is 19.7. The maximum absolute atomic E-state index is 12.9. The highest BCUT2D eigenvalue weighted by Gasteiger charge is 2.27. The standard InChI is InChI=1S/C26H34N4O2.HI/c1-19-16-30(17-20(2)32-19)25(31)23-11-9-21(10-12-23)15-28-26(27-3)29-14-13-24(18-29)22-7-5-4-6-8-22;/h4-12,19-20,24H,13-18H2,1-3H3,(H,27,28);1H. The number of halogens is 1. The van der Waals surface area contributed by atoms with Gasteiger partial charge in [-0.25, -0.2) is 0 Å². The molecule has 2 aliphatic rings. The van der Waals surface area contributed by atoms with Crippen LogP contribution in [0.3, 0.4) is 0 Å². The van der Waals surface area contributed by atoms with Gasteiger partial charge in [-0.1, -0.05) is 42.5 Å². The van der Waals surface area contributed by atoms with E-state index in [9.17, 15) is 4.79 Å². The van der Waals surface area contributed by atoms with Crippen LogP contribution in [0, 0.1) is 0 Å². The van der Waals surface area contributed by atoms with Crippen molar-refractivity contribution in [2.75, 3.05) is 33.2 Å². The number of likely N-dealkylation sites (tertiary alicyclic amines) is 1. The Labute approximate surface area is 214 Å². The number of nitrogens with zero attached hydrogens (tertiary/aromatic N) is 3. The van der Waals surface area contributed by atoms with Gasteiger partial charge in [0.05, 0.1) is 12.2 Å². The third-order valence-electron chi connectivity index (χ3n) is 6.33. The average Bonchev–Trinajstić information content (AvgIpc) is 3.29. The quantitative estimate of drug-likeness (QED) is 0.346. The molecule has 0 aliphatic carbocycles. The second-order valence-corrected chi connectivity index (χ2v) is 8.91. The van der Waals surface area contributed by atoms with Gasteiger partial charge >= 0.3 is 0 Å². The van der Waals surface area contributed by atoms with Crippen molar-refractivity contribution in [3.8, 4) is 0 Å². The Hall–Kier alpha value is -2.13. The molecule has 0 radical (unpaired) electrons. The summed E-state index contributed by atoms with van der Waals surface area (Å²) in [7, 11) is 1.84. The van der Waals surface area contributed by atoms with E-state index in [0.29, 0.717) is 25.6 Å². The van der Waals surface area contributed by atoms with E-state index in [0.717, 1.165) is 36.6 Å². The van der Waals surface area contributed by atoms with Crippen molar-refractivity contribution < 1.29 is 9.53 Å². The van der Waals surface area contributed by atoms with Gasteiger partial charge in [0.1, 0.15) is 0 Å². The SMILES string of the molecule is CN=C(NCc1ccc(C(=O)N2CC(C)OC(C)C2)cc1)N1CCC(c2ccccc2)C1.I. The van der Waals surface area contributed by atoms with Crippen molar-refractivity contribution >= 4 is 35.8 Å². The van der Waals surface area contributed by atoms with Gasteiger partial charge in [0, 0.05) is 51.3 Å². The predicted octanol–water partition coefficient (Wildman–Crippen LogP) is 4.12. The summed E-state index contributed by atoms with van der Waals surface area (Å²) in [4.78, 5) is 21.6. The molecule has 178 valence electrons. The van der Waals surface area contributed by atoms with Gasteiger partial charge in [-0.15, -0.1) is 24.0 Å². The van der Waals surface area contributed by atoms with Crippen LogP contribution in [0.2, 0.25) is 0 Å². The number of rotatable bonds is 4. The highest BCUT2D eigenvalue weighted by Crippen LogP contribution is 2.27. The molecule has 0 bridgehead atoms. The molecule has 2 aliphatic heterocycles. The first-order valence-corrected chi connectivity index (χ1v) is 11.6. The van der Waals surface area contributed by atoms with Gasteiger partial charge in [-0.05, 0) is 43.5 Å². The summed E-state index contributed by atoms with van der Waals surface area (Å²) in [6.45, 7) is 7.97. The van der Waals surface area contributed by atoms with Crippen LogP contribution >= 0.6 is 24.0 Å². The van der Waals surface area contributed by atoms with Crippen molar-refractivity contribution in [2.24, 2.45) is 4.99 Å². The molecule has 1 amide bonds. The monoisotopic (exact) mass is 562 g/mol. The fraction of sp³-hybridized carbons (Fsp3) is 0.462. The number of morpholine rings is 1. The smallest absolute Gasteiger partial charge is 0.254 e. The zero-order valence-corrected chi connectivity index (χ0v) is 22.1. The molecule has 33 heavy (non-hydrogen) atoms. The fourth-order valence-corrected chi connectivity index (χ4v) is 4.75.